The molecule has 2 aromatic carbocycles. The number of H-pyrrole nitrogens is 1. The van der Waals surface area contributed by atoms with Crippen LogP contribution in [0.15, 0.2) is 65.8 Å². The molecule has 2 aromatic heterocycles. The Balaban J connectivity index is 1.49. The van der Waals surface area contributed by atoms with Gasteiger partial charge in [-0.3, -0.25) is 9.89 Å². The molecule has 186 valence electrons. The Hall–Kier alpha value is -3.43. The second-order valence-electron chi connectivity index (χ2n) is 8.89. The van der Waals surface area contributed by atoms with Gasteiger partial charge in [0.2, 0.25) is 0 Å². The van der Waals surface area contributed by atoms with Crippen molar-refractivity contribution in [2.45, 2.75) is 36.5 Å². The van der Waals surface area contributed by atoms with Gasteiger partial charge in [-0.05, 0) is 37.5 Å². The Morgan fingerprint density at radius 2 is 1.97 bits per heavy atom. The van der Waals surface area contributed by atoms with Crippen LogP contribution in [0, 0.1) is 6.92 Å². The molecule has 0 spiro atoms. The molecule has 0 radical (unpaired) electrons. The molecule has 0 saturated heterocycles. The average molecular weight is 524 g/mol. The van der Waals surface area contributed by atoms with Gasteiger partial charge in [-0.2, -0.15) is 5.10 Å². The third kappa shape index (κ3) is 4.33. The first-order valence-electron chi connectivity index (χ1n) is 11.6. The van der Waals surface area contributed by atoms with Crippen LogP contribution in [0.5, 0.6) is 5.75 Å². The zero-order chi connectivity index (χ0) is 25.3. The van der Waals surface area contributed by atoms with E-state index in [1.54, 1.807) is 36.5 Å². The number of aryl methyl sites for hydroxylation is 2. The van der Waals surface area contributed by atoms with E-state index in [9.17, 15) is 9.00 Å². The van der Waals surface area contributed by atoms with Crippen molar-refractivity contribution in [1.29, 1.82) is 0 Å². The van der Waals surface area contributed by atoms with Gasteiger partial charge >= 0.3 is 0 Å². The fourth-order valence-corrected chi connectivity index (χ4v) is 6.43. The molecule has 8 nitrogen and oxygen atoms in total. The summed E-state index contributed by atoms with van der Waals surface area (Å²) in [5.74, 6) is 0.321. The van der Waals surface area contributed by atoms with Crippen molar-refractivity contribution in [3.63, 3.8) is 0 Å². The number of hydrogen-bond acceptors (Lipinski definition) is 5. The third-order valence-corrected chi connectivity index (χ3v) is 8.70. The summed E-state index contributed by atoms with van der Waals surface area (Å²) in [5, 5.41) is 10.1. The lowest BCUT2D eigenvalue weighted by Crippen LogP contribution is -2.45. The summed E-state index contributed by atoms with van der Waals surface area (Å²) in [5.41, 5.74) is 3.59. The van der Waals surface area contributed by atoms with E-state index in [2.05, 4.69) is 32.6 Å². The first kappa shape index (κ1) is 24.3. The Labute approximate surface area is 216 Å². The number of aromatic amines is 1. The molecule has 2 unspecified atom stereocenters. The van der Waals surface area contributed by atoms with Gasteiger partial charge in [-0.1, -0.05) is 54.1 Å². The molecule has 1 aliphatic rings. The molecule has 1 amide bonds. The van der Waals surface area contributed by atoms with Crippen LogP contribution in [0.3, 0.4) is 0 Å². The largest absolute Gasteiger partial charge is 0.496 e. The van der Waals surface area contributed by atoms with Gasteiger partial charge < -0.3 is 10.1 Å². The molecule has 0 bridgehead atoms. The van der Waals surface area contributed by atoms with Crippen LogP contribution in [-0.2, 0) is 29.2 Å². The predicted molar refractivity (Wildman–Crippen MR) is 138 cm³/mol. The van der Waals surface area contributed by atoms with Crippen molar-refractivity contribution in [2.24, 2.45) is 0 Å². The fraction of sp³-hybridized carbons (Fsp3) is 0.269. The number of para-hydroxylation sites is 1. The van der Waals surface area contributed by atoms with Gasteiger partial charge in [0.25, 0.3) is 5.91 Å². The minimum absolute atomic E-state index is 0.183. The highest BCUT2D eigenvalue weighted by molar-refractivity contribution is 7.83. The van der Waals surface area contributed by atoms with Crippen LogP contribution < -0.4 is 10.1 Å². The van der Waals surface area contributed by atoms with E-state index in [0.717, 1.165) is 23.4 Å². The number of halogens is 1. The number of benzene rings is 2. The van der Waals surface area contributed by atoms with E-state index in [-0.39, 0.29) is 11.1 Å². The zero-order valence-corrected chi connectivity index (χ0v) is 21.5. The normalized spacial score (nSPS) is 17.9. The predicted octanol–water partition coefficient (Wildman–Crippen LogP) is 4.00. The third-order valence-electron chi connectivity index (χ3n) is 6.79. The average Bonchev–Trinajstić information content (AvgIpc) is 3.49. The van der Waals surface area contributed by atoms with Gasteiger partial charge in [0.1, 0.15) is 17.0 Å². The molecule has 2 N–H and O–H groups in total. The highest BCUT2D eigenvalue weighted by Crippen LogP contribution is 2.39. The zero-order valence-electron chi connectivity index (χ0n) is 20.0. The topological polar surface area (TPSA) is 102 Å². The molecule has 0 saturated carbocycles. The first-order chi connectivity index (χ1) is 17.4. The Morgan fingerprint density at radius 1 is 1.22 bits per heavy atom. The minimum atomic E-state index is -1.61. The number of imidazole rings is 1. The maximum Gasteiger partial charge on any atom is 0.255 e. The van der Waals surface area contributed by atoms with Crippen LogP contribution in [0.4, 0.5) is 0 Å². The number of fused-ring (bicyclic) bond motifs is 1. The van der Waals surface area contributed by atoms with E-state index >= 15 is 0 Å². The molecular formula is C26H26ClN5O3S. The van der Waals surface area contributed by atoms with Gasteiger partial charge in [-0.25, -0.2) is 13.2 Å². The molecule has 1 aliphatic carbocycles. The number of ether oxygens (including phenoxy) is 1. The summed E-state index contributed by atoms with van der Waals surface area (Å²) in [6.07, 6.45) is 3.64. The van der Waals surface area contributed by atoms with E-state index < -0.39 is 16.4 Å². The van der Waals surface area contributed by atoms with E-state index in [4.69, 9.17) is 16.3 Å². The lowest BCUT2D eigenvalue weighted by atomic mass is 9.69. The quantitative estimate of drug-likeness (QED) is 0.381. The van der Waals surface area contributed by atoms with Crippen LogP contribution in [0.1, 0.15) is 39.4 Å². The Bertz CT molecular complexity index is 1420. The van der Waals surface area contributed by atoms with Crippen molar-refractivity contribution < 1.29 is 13.7 Å². The lowest BCUT2D eigenvalue weighted by Gasteiger charge is -2.38. The Kier molecular flexibility index (Phi) is 6.68. The molecular weight excluding hydrogens is 498 g/mol. The second kappa shape index (κ2) is 9.91. The fourth-order valence-electron chi connectivity index (χ4n) is 4.85. The number of carbonyl (C=O) groups excluding carboxylic acids is 1. The van der Waals surface area contributed by atoms with Gasteiger partial charge in [0.05, 0.1) is 29.8 Å². The standard InChI is InChI=1S/C26H26ClN5O3S/c1-17-23(24(27)31-30-17)36(34)32-16-29-20-12-13-26(14-21(20)32,18-8-4-3-5-9-18)15-28-25(33)19-10-6-7-11-22(19)35-2/h3-11,16H,12-15H2,1-2H3,(H,28,33)(H,30,31). The van der Waals surface area contributed by atoms with Crippen molar-refractivity contribution in [2.75, 3.05) is 13.7 Å². The maximum absolute atomic E-state index is 13.6. The van der Waals surface area contributed by atoms with Gasteiger partial charge in [-0.15, -0.1) is 0 Å². The van der Waals surface area contributed by atoms with Crippen LogP contribution in [0.25, 0.3) is 0 Å². The van der Waals surface area contributed by atoms with Gasteiger partial charge in [0.15, 0.2) is 16.1 Å². The number of rotatable bonds is 7. The number of amides is 1. The maximum atomic E-state index is 13.6. The Morgan fingerprint density at radius 3 is 2.69 bits per heavy atom. The summed E-state index contributed by atoms with van der Waals surface area (Å²) in [6.45, 7) is 2.19. The molecule has 0 fully saturated rings. The highest BCUT2D eigenvalue weighted by atomic mass is 35.5. The van der Waals surface area contributed by atoms with Gasteiger partial charge in [0, 0.05) is 18.4 Å². The monoisotopic (exact) mass is 523 g/mol. The molecule has 4 aromatic rings. The molecule has 10 heteroatoms. The van der Waals surface area contributed by atoms with Crippen molar-refractivity contribution >= 4 is 28.5 Å². The number of carbonyl (C=O) groups is 1. The highest BCUT2D eigenvalue weighted by Gasteiger charge is 2.39. The summed E-state index contributed by atoms with van der Waals surface area (Å²) in [6, 6.07) is 17.3. The number of aromatic nitrogens is 4. The number of nitrogens with one attached hydrogen (secondary N) is 2. The molecule has 36 heavy (non-hydrogen) atoms. The molecule has 5 rings (SSSR count). The lowest BCUT2D eigenvalue weighted by molar-refractivity contribution is 0.0937. The molecule has 2 atom stereocenters. The van der Waals surface area contributed by atoms with Crippen LogP contribution >= 0.6 is 11.6 Å². The summed E-state index contributed by atoms with van der Waals surface area (Å²) < 4.78 is 20.6. The summed E-state index contributed by atoms with van der Waals surface area (Å²) in [7, 11) is -0.0578. The van der Waals surface area contributed by atoms with E-state index in [0.29, 0.717) is 41.3 Å². The smallest absolute Gasteiger partial charge is 0.255 e. The second-order valence-corrected chi connectivity index (χ2v) is 10.5. The van der Waals surface area contributed by atoms with E-state index in [1.807, 2.05) is 30.3 Å². The number of methoxy groups -OCH3 is 1. The minimum Gasteiger partial charge on any atom is -0.496 e. The van der Waals surface area contributed by atoms with Crippen molar-refractivity contribution in [1.82, 2.24) is 24.5 Å². The van der Waals surface area contributed by atoms with Crippen molar-refractivity contribution in [3.8, 4) is 5.75 Å². The van der Waals surface area contributed by atoms with Crippen LogP contribution in [0.2, 0.25) is 5.15 Å². The SMILES string of the molecule is COc1ccccc1C(=O)NCC1(c2ccccc2)CCc2ncn(S(=O)c3c(Cl)n[nH]c3C)c2C1. The molecule has 2 heterocycles. The first-order valence-corrected chi connectivity index (χ1v) is 13.1. The summed E-state index contributed by atoms with van der Waals surface area (Å²) in [4.78, 5) is 18.2. The number of hydrogen-bond donors (Lipinski definition) is 2. The molecule has 0 aliphatic heterocycles. The summed E-state index contributed by atoms with van der Waals surface area (Å²) >= 11 is 6.23. The number of nitrogens with zero attached hydrogens (tertiary/aromatic N) is 3. The van der Waals surface area contributed by atoms with Crippen LogP contribution in [-0.4, -0.2) is 42.9 Å². The van der Waals surface area contributed by atoms with E-state index in [1.165, 1.54) is 0 Å². The van der Waals surface area contributed by atoms with Crippen molar-refractivity contribution in [3.05, 3.63) is 94.3 Å².